The number of aliphatic hydroxyl groups excluding tert-OH is 1. The number of piperidine rings is 1. The molecular weight excluding hydrogens is 539 g/mol. The van der Waals surface area contributed by atoms with Crippen LogP contribution in [0.5, 0.6) is 0 Å². The number of rotatable bonds is 8. The summed E-state index contributed by atoms with van der Waals surface area (Å²) in [7, 11) is 0. The largest absolute Gasteiger partial charge is 0.396 e. The minimum absolute atomic E-state index is 0.230. The first-order valence-corrected chi connectivity index (χ1v) is 14.8. The maximum absolute atomic E-state index is 14.2. The van der Waals surface area contributed by atoms with E-state index in [0.29, 0.717) is 36.5 Å². The van der Waals surface area contributed by atoms with Crippen LogP contribution in [0, 0.1) is 23.6 Å². The van der Waals surface area contributed by atoms with Gasteiger partial charge in [0.05, 0.1) is 23.8 Å². The Bertz CT molecular complexity index is 1940. The van der Waals surface area contributed by atoms with Gasteiger partial charge in [0.25, 0.3) is 0 Å². The Balaban J connectivity index is 1.01. The molecule has 3 heterocycles. The van der Waals surface area contributed by atoms with Gasteiger partial charge >= 0.3 is 0 Å². The number of likely N-dealkylation sites (tertiary alicyclic amines) is 1. The molecule has 4 aromatic carbocycles. The second-order valence-electron chi connectivity index (χ2n) is 11.8. The molecule has 0 spiro atoms. The number of benzene rings is 4. The Labute approximate surface area is 248 Å². The highest BCUT2D eigenvalue weighted by molar-refractivity contribution is 5.94. The number of nitrogens with one attached hydrogen (secondary N) is 1. The molecule has 214 valence electrons. The molecule has 0 radical (unpaired) electrons. The summed E-state index contributed by atoms with van der Waals surface area (Å²) in [5.74, 6) is 2.42. The molecule has 8 heteroatoms. The van der Waals surface area contributed by atoms with E-state index in [9.17, 15) is 9.50 Å². The van der Waals surface area contributed by atoms with E-state index in [4.69, 9.17) is 0 Å². The molecule has 0 bridgehead atoms. The van der Waals surface area contributed by atoms with Crippen LogP contribution >= 0.6 is 0 Å². The van der Waals surface area contributed by atoms with Crippen molar-refractivity contribution in [1.29, 1.82) is 0 Å². The molecule has 2 N–H and O–H groups in total. The lowest BCUT2D eigenvalue weighted by Gasteiger charge is -2.19. The topological polar surface area (TPSA) is 79.1 Å². The van der Waals surface area contributed by atoms with E-state index in [-0.39, 0.29) is 5.82 Å². The molecule has 1 aliphatic heterocycles. The Kier molecular flexibility index (Phi) is 6.39. The van der Waals surface area contributed by atoms with Crippen LogP contribution in [-0.2, 0) is 13.1 Å². The van der Waals surface area contributed by atoms with Gasteiger partial charge in [-0.25, -0.2) is 14.4 Å². The number of nitrogens with zero attached hydrogens (tertiary/aromatic N) is 5. The molecule has 2 fully saturated rings. The summed E-state index contributed by atoms with van der Waals surface area (Å²) in [6, 6.07) is 27.9. The van der Waals surface area contributed by atoms with Gasteiger partial charge in [0.1, 0.15) is 18.0 Å². The summed E-state index contributed by atoms with van der Waals surface area (Å²) in [6.45, 7) is 3.86. The van der Waals surface area contributed by atoms with E-state index in [0.717, 1.165) is 64.1 Å². The van der Waals surface area contributed by atoms with Crippen molar-refractivity contribution in [2.45, 2.75) is 13.1 Å². The first-order chi connectivity index (χ1) is 21.1. The molecule has 7 nitrogen and oxygen atoms in total. The van der Waals surface area contributed by atoms with Crippen LogP contribution in [0.3, 0.4) is 0 Å². The summed E-state index contributed by atoms with van der Waals surface area (Å²) in [4.78, 5) is 11.6. The van der Waals surface area contributed by atoms with E-state index in [2.05, 4.69) is 61.7 Å². The van der Waals surface area contributed by atoms with E-state index in [1.165, 1.54) is 11.6 Å². The number of aromatic nitrogens is 4. The third-order valence-corrected chi connectivity index (χ3v) is 9.17. The van der Waals surface area contributed by atoms with Crippen molar-refractivity contribution in [1.82, 2.24) is 24.6 Å². The predicted molar refractivity (Wildman–Crippen MR) is 166 cm³/mol. The Morgan fingerprint density at radius 2 is 1.67 bits per heavy atom. The fourth-order valence-corrected chi connectivity index (χ4v) is 6.75. The lowest BCUT2D eigenvalue weighted by Crippen LogP contribution is -2.24. The van der Waals surface area contributed by atoms with E-state index < -0.39 is 0 Å². The molecule has 43 heavy (non-hydrogen) atoms. The Morgan fingerprint density at radius 1 is 0.860 bits per heavy atom. The van der Waals surface area contributed by atoms with Gasteiger partial charge in [0.15, 0.2) is 0 Å². The lowest BCUT2D eigenvalue weighted by atomic mass is 10.0. The zero-order valence-electron chi connectivity index (χ0n) is 23.6. The molecule has 1 saturated heterocycles. The molecule has 8 rings (SSSR count). The average Bonchev–Trinajstić information content (AvgIpc) is 3.30. The fourth-order valence-electron chi connectivity index (χ4n) is 6.75. The monoisotopic (exact) mass is 570 g/mol. The number of hydrogen-bond donors (Lipinski definition) is 2. The molecule has 6 aromatic rings. The SMILES string of the molecule is OCC1C2CN(Cc3ccc(-c4ccc5ncnc(Nc6ccc7c(cnn7Cc7ccccc7F)c6)c5c4)cc3)CC12. The van der Waals surface area contributed by atoms with Crippen LogP contribution in [0.1, 0.15) is 11.1 Å². The first-order valence-electron chi connectivity index (χ1n) is 14.8. The number of aliphatic hydroxyl groups is 1. The third-order valence-electron chi connectivity index (χ3n) is 9.17. The van der Waals surface area contributed by atoms with Crippen LogP contribution in [-0.4, -0.2) is 49.5 Å². The lowest BCUT2D eigenvalue weighted by molar-refractivity contribution is 0.217. The summed E-state index contributed by atoms with van der Waals surface area (Å²) >= 11 is 0. The highest BCUT2D eigenvalue weighted by Gasteiger charge is 2.54. The number of anilines is 2. The average molecular weight is 571 g/mol. The van der Waals surface area contributed by atoms with Crippen LogP contribution in [0.25, 0.3) is 32.9 Å². The van der Waals surface area contributed by atoms with Gasteiger partial charge in [0, 0.05) is 48.3 Å². The highest BCUT2D eigenvalue weighted by Crippen LogP contribution is 2.51. The van der Waals surface area contributed by atoms with E-state index in [1.807, 2.05) is 35.0 Å². The normalized spacial score (nSPS) is 19.6. The zero-order valence-corrected chi connectivity index (χ0v) is 23.6. The number of halogens is 1. The second-order valence-corrected chi connectivity index (χ2v) is 11.8. The molecular formula is C35H31FN6O. The summed E-state index contributed by atoms with van der Waals surface area (Å²) < 4.78 is 16.0. The standard InChI is InChI=1S/C35H31FN6O/c36-32-4-2-1-3-25(32)17-42-34-12-10-27(13-26(34)15-39-42)40-35-28-14-24(9-11-33(28)37-21-38-35)23-7-5-22(6-8-23)16-41-18-29-30(19-41)31(29)20-43/h1-15,21,29-31,43H,16-20H2,(H,37,38,40). The minimum Gasteiger partial charge on any atom is -0.396 e. The first kappa shape index (κ1) is 26.0. The Hall–Kier alpha value is -4.66. The molecule has 1 saturated carbocycles. The van der Waals surface area contributed by atoms with Crippen molar-refractivity contribution in [2.75, 3.05) is 25.0 Å². The van der Waals surface area contributed by atoms with Gasteiger partial charge in [-0.2, -0.15) is 5.10 Å². The maximum atomic E-state index is 14.2. The fraction of sp³-hybridized carbons (Fsp3) is 0.229. The van der Waals surface area contributed by atoms with Crippen molar-refractivity contribution >= 4 is 33.3 Å². The van der Waals surface area contributed by atoms with Gasteiger partial charge in [-0.05, 0) is 70.8 Å². The molecule has 0 amide bonds. The second kappa shape index (κ2) is 10.6. The van der Waals surface area contributed by atoms with Crippen LogP contribution < -0.4 is 5.32 Å². The maximum Gasteiger partial charge on any atom is 0.141 e. The number of fused-ring (bicyclic) bond motifs is 3. The van der Waals surface area contributed by atoms with Gasteiger partial charge in [0.2, 0.25) is 0 Å². The quantitative estimate of drug-likeness (QED) is 0.225. The van der Waals surface area contributed by atoms with Crippen molar-refractivity contribution in [3.63, 3.8) is 0 Å². The van der Waals surface area contributed by atoms with E-state index >= 15 is 0 Å². The Morgan fingerprint density at radius 3 is 2.49 bits per heavy atom. The van der Waals surface area contributed by atoms with Crippen molar-refractivity contribution in [3.05, 3.63) is 114 Å². The molecule has 1 aliphatic carbocycles. The summed E-state index contributed by atoms with van der Waals surface area (Å²) in [5.41, 5.74) is 6.85. The van der Waals surface area contributed by atoms with Gasteiger partial charge in [-0.15, -0.1) is 0 Å². The molecule has 2 atom stereocenters. The van der Waals surface area contributed by atoms with Crippen molar-refractivity contribution in [2.24, 2.45) is 17.8 Å². The van der Waals surface area contributed by atoms with Gasteiger partial charge < -0.3 is 10.4 Å². The summed E-state index contributed by atoms with van der Waals surface area (Å²) in [5, 5.41) is 19.3. The van der Waals surface area contributed by atoms with Crippen LogP contribution in [0.2, 0.25) is 0 Å². The third kappa shape index (κ3) is 4.92. The predicted octanol–water partition coefficient (Wildman–Crippen LogP) is 6.25. The van der Waals surface area contributed by atoms with Gasteiger partial charge in [-0.3, -0.25) is 9.58 Å². The highest BCUT2D eigenvalue weighted by atomic mass is 19.1. The van der Waals surface area contributed by atoms with Crippen LogP contribution in [0.4, 0.5) is 15.9 Å². The molecule has 2 unspecified atom stereocenters. The smallest absolute Gasteiger partial charge is 0.141 e. The van der Waals surface area contributed by atoms with E-state index in [1.54, 1.807) is 24.7 Å². The molecule has 2 aliphatic rings. The van der Waals surface area contributed by atoms with Crippen molar-refractivity contribution < 1.29 is 9.50 Å². The zero-order chi connectivity index (χ0) is 28.9. The van der Waals surface area contributed by atoms with Crippen LogP contribution in [0.15, 0.2) is 97.5 Å². The molecule has 2 aromatic heterocycles. The van der Waals surface area contributed by atoms with Crippen molar-refractivity contribution in [3.8, 4) is 11.1 Å². The summed E-state index contributed by atoms with van der Waals surface area (Å²) in [6.07, 6.45) is 3.38. The van der Waals surface area contributed by atoms with Gasteiger partial charge in [-0.1, -0.05) is 48.5 Å². The minimum atomic E-state index is -0.230. The number of hydrogen-bond acceptors (Lipinski definition) is 6.